The second kappa shape index (κ2) is 10.8. The van der Waals surface area contributed by atoms with Crippen LogP contribution in [0.1, 0.15) is 40.0 Å². The minimum atomic E-state index is -1.37. The summed E-state index contributed by atoms with van der Waals surface area (Å²) in [7, 11) is 0. The summed E-state index contributed by atoms with van der Waals surface area (Å²) in [6.07, 6.45) is -0.234. The summed E-state index contributed by atoms with van der Waals surface area (Å²) in [6, 6.07) is -1.04. The first-order chi connectivity index (χ1) is 13.2. The summed E-state index contributed by atoms with van der Waals surface area (Å²) < 4.78 is 5.81. The maximum atomic E-state index is 13.0. The maximum absolute atomic E-state index is 13.0. The van der Waals surface area contributed by atoms with Gasteiger partial charge in [0.05, 0.1) is 17.5 Å². The number of amides is 1. The minimum absolute atomic E-state index is 0.182. The fourth-order valence-electron chi connectivity index (χ4n) is 4.27. The molecule has 164 valence electrons. The van der Waals surface area contributed by atoms with Crippen molar-refractivity contribution in [1.82, 2.24) is 10.6 Å². The van der Waals surface area contributed by atoms with E-state index in [0.29, 0.717) is 11.8 Å². The van der Waals surface area contributed by atoms with Gasteiger partial charge in [-0.3, -0.25) is 4.79 Å². The van der Waals surface area contributed by atoms with Crippen LogP contribution in [-0.2, 0) is 9.53 Å². The number of carbonyl (C=O) groups is 1. The Morgan fingerprint density at radius 3 is 2.57 bits per heavy atom. The number of carbonyl (C=O) groups excluding carboxylic acids is 1. The average Bonchev–Trinajstić information content (AvgIpc) is 2.85. The van der Waals surface area contributed by atoms with Crippen LogP contribution >= 0.6 is 23.4 Å². The standard InChI is InChI=1S/C19H35ClN2O5S/c1-5-11-6-7-21-12(8-9(11)2)18(26)22-13(10(3)20)17-15(24)14(23)16(25)19(27-17)28-4/h9-17,19,21,23-25H,5-8H2,1-4H3,(H,22,26)/t9?,10?,11?,12?,13?,14-,15+,16+,17+,19+/m0/s1. The van der Waals surface area contributed by atoms with Gasteiger partial charge in [0.1, 0.15) is 29.9 Å². The molecule has 2 saturated heterocycles. The molecule has 0 radical (unpaired) electrons. The Morgan fingerprint density at radius 2 is 2.00 bits per heavy atom. The van der Waals surface area contributed by atoms with Gasteiger partial charge in [-0.05, 0) is 44.4 Å². The van der Waals surface area contributed by atoms with E-state index in [2.05, 4.69) is 24.5 Å². The zero-order chi connectivity index (χ0) is 21.0. The zero-order valence-electron chi connectivity index (χ0n) is 17.0. The smallest absolute Gasteiger partial charge is 0.237 e. The lowest BCUT2D eigenvalue weighted by atomic mass is 9.86. The SMILES string of the molecule is CCC1CCNC(C(=O)NC(C(C)Cl)[C@H]2O[C@H](SC)[C@H](O)[C@@H](O)[C@H]2O)CC1C. The number of thioether (sulfide) groups is 1. The molecule has 1 amide bonds. The van der Waals surface area contributed by atoms with Gasteiger partial charge < -0.3 is 30.7 Å². The van der Waals surface area contributed by atoms with E-state index < -0.39 is 41.3 Å². The van der Waals surface area contributed by atoms with Crippen molar-refractivity contribution in [2.45, 2.75) is 87.3 Å². The van der Waals surface area contributed by atoms with Crippen molar-refractivity contribution in [1.29, 1.82) is 0 Å². The molecule has 2 rings (SSSR count). The molecule has 9 heteroatoms. The predicted octanol–water partition coefficient (Wildman–Crippen LogP) is 0.683. The van der Waals surface area contributed by atoms with Crippen molar-refractivity contribution in [3.05, 3.63) is 0 Å². The highest BCUT2D eigenvalue weighted by Crippen LogP contribution is 2.31. The van der Waals surface area contributed by atoms with E-state index in [9.17, 15) is 20.1 Å². The summed E-state index contributed by atoms with van der Waals surface area (Å²) in [5.41, 5.74) is -0.709. The molecule has 0 aromatic carbocycles. The monoisotopic (exact) mass is 438 g/mol. The number of aliphatic hydroxyl groups is 3. The molecule has 2 aliphatic heterocycles. The van der Waals surface area contributed by atoms with Gasteiger partial charge in [0.25, 0.3) is 0 Å². The lowest BCUT2D eigenvalue weighted by Crippen LogP contribution is -2.65. The zero-order valence-corrected chi connectivity index (χ0v) is 18.6. The van der Waals surface area contributed by atoms with E-state index >= 15 is 0 Å². The van der Waals surface area contributed by atoms with Crippen molar-refractivity contribution in [2.75, 3.05) is 12.8 Å². The molecule has 2 aliphatic rings. The number of halogens is 1. The van der Waals surface area contributed by atoms with Crippen molar-refractivity contribution in [3.63, 3.8) is 0 Å². The number of alkyl halides is 1. The molecule has 5 unspecified atom stereocenters. The Kier molecular flexibility index (Phi) is 9.32. The molecular weight excluding hydrogens is 404 g/mol. The number of aliphatic hydroxyl groups excluding tert-OH is 3. The topological polar surface area (TPSA) is 111 Å². The van der Waals surface area contributed by atoms with Crippen molar-refractivity contribution in [3.8, 4) is 0 Å². The Labute approximate surface area is 176 Å². The van der Waals surface area contributed by atoms with Crippen LogP contribution < -0.4 is 10.6 Å². The number of rotatable bonds is 6. The van der Waals surface area contributed by atoms with Crippen molar-refractivity contribution < 1.29 is 24.9 Å². The quantitative estimate of drug-likeness (QED) is 0.388. The molecule has 2 fully saturated rings. The van der Waals surface area contributed by atoms with Crippen LogP contribution in [-0.4, -0.2) is 81.3 Å². The van der Waals surface area contributed by atoms with E-state index in [0.717, 1.165) is 25.8 Å². The predicted molar refractivity (Wildman–Crippen MR) is 111 cm³/mol. The van der Waals surface area contributed by atoms with Gasteiger partial charge in [-0.15, -0.1) is 23.4 Å². The van der Waals surface area contributed by atoms with E-state index in [1.54, 1.807) is 13.2 Å². The Balaban J connectivity index is 2.10. The summed E-state index contributed by atoms with van der Waals surface area (Å²) in [6.45, 7) is 6.85. The number of hydrogen-bond acceptors (Lipinski definition) is 7. The second-order valence-corrected chi connectivity index (χ2v) is 9.69. The first-order valence-corrected chi connectivity index (χ1v) is 11.8. The summed E-state index contributed by atoms with van der Waals surface area (Å²) >= 11 is 7.56. The minimum Gasteiger partial charge on any atom is -0.388 e. The van der Waals surface area contributed by atoms with Gasteiger partial charge in [-0.1, -0.05) is 20.3 Å². The highest BCUT2D eigenvalue weighted by atomic mass is 35.5. The first-order valence-electron chi connectivity index (χ1n) is 10.1. The third-order valence-electron chi connectivity index (χ3n) is 6.16. The molecule has 0 saturated carbocycles. The third kappa shape index (κ3) is 5.53. The lowest BCUT2D eigenvalue weighted by Gasteiger charge is -2.44. The number of ether oxygens (including phenoxy) is 1. The average molecular weight is 439 g/mol. The summed E-state index contributed by atoms with van der Waals surface area (Å²) in [5, 5.41) is 36.4. The van der Waals surface area contributed by atoms with E-state index in [4.69, 9.17) is 16.3 Å². The maximum Gasteiger partial charge on any atom is 0.237 e. The highest BCUT2D eigenvalue weighted by molar-refractivity contribution is 7.99. The Bertz CT molecular complexity index is 513. The molecule has 0 aliphatic carbocycles. The van der Waals surface area contributed by atoms with E-state index in [1.807, 2.05) is 0 Å². The molecule has 28 heavy (non-hydrogen) atoms. The molecule has 2 heterocycles. The van der Waals surface area contributed by atoms with Gasteiger partial charge >= 0.3 is 0 Å². The van der Waals surface area contributed by atoms with Crippen molar-refractivity contribution in [2.24, 2.45) is 11.8 Å². The highest BCUT2D eigenvalue weighted by Gasteiger charge is 2.48. The molecular formula is C19H35ClN2O5S. The summed E-state index contributed by atoms with van der Waals surface area (Å²) in [5.74, 6) is 0.839. The molecule has 0 aromatic heterocycles. The van der Waals surface area contributed by atoms with Gasteiger partial charge in [-0.2, -0.15) is 0 Å². The van der Waals surface area contributed by atoms with Gasteiger partial charge in [0, 0.05) is 0 Å². The van der Waals surface area contributed by atoms with Crippen LogP contribution in [0.5, 0.6) is 0 Å². The van der Waals surface area contributed by atoms with Gasteiger partial charge in [-0.25, -0.2) is 0 Å². The second-order valence-electron chi connectivity index (χ2n) is 8.07. The van der Waals surface area contributed by atoms with Gasteiger partial charge in [0.15, 0.2) is 0 Å². The lowest BCUT2D eigenvalue weighted by molar-refractivity contribution is -0.205. The molecule has 0 aromatic rings. The Morgan fingerprint density at radius 1 is 1.32 bits per heavy atom. The molecule has 0 bridgehead atoms. The molecule has 10 atom stereocenters. The normalized spacial score (nSPS) is 41.7. The van der Waals surface area contributed by atoms with Gasteiger partial charge in [0.2, 0.25) is 5.91 Å². The van der Waals surface area contributed by atoms with E-state index in [-0.39, 0.29) is 11.9 Å². The van der Waals surface area contributed by atoms with Crippen molar-refractivity contribution >= 4 is 29.3 Å². The largest absolute Gasteiger partial charge is 0.388 e. The fourth-order valence-corrected chi connectivity index (χ4v) is 5.16. The molecule has 7 nitrogen and oxygen atoms in total. The first kappa shape index (κ1) is 24.2. The molecule has 5 N–H and O–H groups in total. The van der Waals surface area contributed by atoms with Crippen LogP contribution in [0.25, 0.3) is 0 Å². The Hall–Kier alpha value is -0.0900. The molecule has 0 spiro atoms. The van der Waals surface area contributed by atoms with Crippen LogP contribution in [0.3, 0.4) is 0 Å². The number of hydrogen-bond donors (Lipinski definition) is 5. The third-order valence-corrected chi connectivity index (χ3v) is 7.28. The van der Waals surface area contributed by atoms with Crippen LogP contribution in [0.4, 0.5) is 0 Å². The fraction of sp³-hybridized carbons (Fsp3) is 0.947. The summed E-state index contributed by atoms with van der Waals surface area (Å²) in [4.78, 5) is 13.0. The van der Waals surface area contributed by atoms with Crippen LogP contribution in [0, 0.1) is 11.8 Å². The number of nitrogens with one attached hydrogen (secondary N) is 2. The van der Waals surface area contributed by atoms with Crippen LogP contribution in [0.2, 0.25) is 0 Å². The van der Waals surface area contributed by atoms with Crippen LogP contribution in [0.15, 0.2) is 0 Å². The van der Waals surface area contributed by atoms with E-state index in [1.165, 1.54) is 11.8 Å².